The summed E-state index contributed by atoms with van der Waals surface area (Å²) in [7, 11) is 0. The van der Waals surface area contributed by atoms with E-state index in [0.717, 1.165) is 34.5 Å². The van der Waals surface area contributed by atoms with Gasteiger partial charge in [0.1, 0.15) is 4.88 Å². The Morgan fingerprint density at radius 1 is 1.42 bits per heavy atom. The van der Waals surface area contributed by atoms with E-state index in [9.17, 15) is 4.79 Å². The van der Waals surface area contributed by atoms with Gasteiger partial charge in [-0.2, -0.15) is 0 Å². The minimum absolute atomic E-state index is 0.0843. The fourth-order valence-electron chi connectivity index (χ4n) is 1.70. The third-order valence-electron chi connectivity index (χ3n) is 2.73. The lowest BCUT2D eigenvalue weighted by molar-refractivity contribution is 0.0957. The molecule has 0 unspecified atom stereocenters. The van der Waals surface area contributed by atoms with Crippen LogP contribution >= 0.6 is 27.5 Å². The highest BCUT2D eigenvalue weighted by Crippen LogP contribution is 2.16. The van der Waals surface area contributed by atoms with Crippen molar-refractivity contribution in [2.24, 2.45) is 0 Å². The van der Waals surface area contributed by atoms with Gasteiger partial charge in [0, 0.05) is 11.0 Å². The van der Waals surface area contributed by atoms with Crippen LogP contribution < -0.4 is 5.32 Å². The second-order valence-electron chi connectivity index (χ2n) is 4.00. The number of aromatic nitrogens is 2. The van der Waals surface area contributed by atoms with Gasteiger partial charge in [-0.05, 0) is 36.0 Å². The van der Waals surface area contributed by atoms with E-state index < -0.39 is 0 Å². The van der Waals surface area contributed by atoms with Gasteiger partial charge in [-0.1, -0.05) is 45.5 Å². The van der Waals surface area contributed by atoms with Crippen molar-refractivity contribution in [1.82, 2.24) is 14.9 Å². The lowest BCUT2D eigenvalue weighted by Gasteiger charge is -2.06. The molecule has 2 aromatic rings. The number of nitrogens with zero attached hydrogens (tertiary/aromatic N) is 2. The zero-order valence-electron chi connectivity index (χ0n) is 10.5. The zero-order chi connectivity index (χ0) is 13.7. The molecule has 2 rings (SSSR count). The van der Waals surface area contributed by atoms with Gasteiger partial charge in [0.25, 0.3) is 5.91 Å². The zero-order valence-corrected chi connectivity index (χ0v) is 12.9. The lowest BCUT2D eigenvalue weighted by atomic mass is 10.1. The fraction of sp³-hybridized carbons (Fsp3) is 0.308. The molecule has 0 aliphatic rings. The highest BCUT2D eigenvalue weighted by atomic mass is 79.9. The molecule has 0 radical (unpaired) electrons. The van der Waals surface area contributed by atoms with Crippen molar-refractivity contribution in [3.8, 4) is 0 Å². The molecule has 6 heteroatoms. The summed E-state index contributed by atoms with van der Waals surface area (Å²) in [4.78, 5) is 12.6. The Hall–Kier alpha value is -1.27. The summed E-state index contributed by atoms with van der Waals surface area (Å²) >= 11 is 4.64. The molecule has 4 nitrogen and oxygen atoms in total. The molecule has 100 valence electrons. The second kappa shape index (κ2) is 6.77. The number of halogens is 1. The van der Waals surface area contributed by atoms with E-state index >= 15 is 0 Å². The maximum Gasteiger partial charge on any atom is 0.264 e. The first-order chi connectivity index (χ1) is 9.22. The van der Waals surface area contributed by atoms with Crippen molar-refractivity contribution in [2.45, 2.75) is 19.8 Å². The minimum atomic E-state index is -0.0843. The summed E-state index contributed by atoms with van der Waals surface area (Å²) in [6.45, 7) is 2.57. The van der Waals surface area contributed by atoms with E-state index in [0.29, 0.717) is 11.4 Å². The number of benzene rings is 1. The molecule has 0 aliphatic carbocycles. The van der Waals surface area contributed by atoms with Gasteiger partial charge in [-0.25, -0.2) is 0 Å². The number of carbonyl (C=O) groups is 1. The maximum absolute atomic E-state index is 12.0. The van der Waals surface area contributed by atoms with Crippen LogP contribution in [0.5, 0.6) is 0 Å². The second-order valence-corrected chi connectivity index (χ2v) is 5.61. The Bertz CT molecular complexity index is 571. The summed E-state index contributed by atoms with van der Waals surface area (Å²) in [6.07, 6.45) is 1.52. The van der Waals surface area contributed by atoms with Crippen LogP contribution in [0.4, 0.5) is 0 Å². The van der Waals surface area contributed by atoms with Crippen LogP contribution in [0.1, 0.15) is 27.9 Å². The highest BCUT2D eigenvalue weighted by Gasteiger charge is 2.14. The number of nitrogens with one attached hydrogen (secondary N) is 1. The summed E-state index contributed by atoms with van der Waals surface area (Å²) in [6, 6.07) is 8.01. The molecule has 0 saturated carbocycles. The molecule has 0 bridgehead atoms. The molecule has 1 amide bonds. The number of amides is 1. The SMILES string of the molecule is CCc1nnsc1C(=O)NCCc1ccccc1Br. The van der Waals surface area contributed by atoms with E-state index in [-0.39, 0.29) is 5.91 Å². The molecule has 19 heavy (non-hydrogen) atoms. The van der Waals surface area contributed by atoms with Crippen LogP contribution in [0.3, 0.4) is 0 Å². The summed E-state index contributed by atoms with van der Waals surface area (Å²) in [5, 5.41) is 6.84. The van der Waals surface area contributed by atoms with Gasteiger partial charge in [0.2, 0.25) is 0 Å². The molecule has 1 aromatic heterocycles. The van der Waals surface area contributed by atoms with Crippen LogP contribution in [-0.4, -0.2) is 22.0 Å². The normalized spacial score (nSPS) is 10.4. The van der Waals surface area contributed by atoms with Crippen LogP contribution in [0.15, 0.2) is 28.7 Å². The first-order valence-corrected chi connectivity index (χ1v) is 7.61. The lowest BCUT2D eigenvalue weighted by Crippen LogP contribution is -2.25. The molecule has 1 heterocycles. The third kappa shape index (κ3) is 3.61. The molecule has 0 spiro atoms. The van der Waals surface area contributed by atoms with E-state index in [1.54, 1.807) is 0 Å². The average molecular weight is 340 g/mol. The van der Waals surface area contributed by atoms with Crippen LogP contribution in [-0.2, 0) is 12.8 Å². The monoisotopic (exact) mass is 339 g/mol. The number of hydrogen-bond acceptors (Lipinski definition) is 4. The predicted molar refractivity (Wildman–Crippen MR) is 79.5 cm³/mol. The molecular formula is C13H14BrN3OS. The Kier molecular flexibility index (Phi) is 5.04. The van der Waals surface area contributed by atoms with E-state index in [1.807, 2.05) is 31.2 Å². The van der Waals surface area contributed by atoms with Crippen LogP contribution in [0, 0.1) is 0 Å². The van der Waals surface area contributed by atoms with Crippen LogP contribution in [0.2, 0.25) is 0 Å². The van der Waals surface area contributed by atoms with E-state index in [4.69, 9.17) is 0 Å². The summed E-state index contributed by atoms with van der Waals surface area (Å²) < 4.78 is 4.89. The van der Waals surface area contributed by atoms with Gasteiger partial charge in [0.15, 0.2) is 0 Å². The molecule has 0 saturated heterocycles. The molecule has 1 aromatic carbocycles. The molecule has 0 atom stereocenters. The van der Waals surface area contributed by atoms with Gasteiger partial charge in [-0.3, -0.25) is 4.79 Å². The van der Waals surface area contributed by atoms with E-state index in [1.165, 1.54) is 5.56 Å². The average Bonchev–Trinajstić information content (AvgIpc) is 2.89. The Labute approximate surface area is 124 Å². The predicted octanol–water partition coefficient (Wildman–Crippen LogP) is 2.84. The van der Waals surface area contributed by atoms with Crippen molar-refractivity contribution in [1.29, 1.82) is 0 Å². The number of aryl methyl sites for hydroxylation is 1. The maximum atomic E-state index is 12.0. The van der Waals surface area contributed by atoms with Gasteiger partial charge in [-0.15, -0.1) is 5.10 Å². The largest absolute Gasteiger partial charge is 0.351 e. The molecule has 1 N–H and O–H groups in total. The third-order valence-corrected chi connectivity index (χ3v) is 4.28. The molecular weight excluding hydrogens is 326 g/mol. The van der Waals surface area contributed by atoms with Crippen molar-refractivity contribution in [3.63, 3.8) is 0 Å². The Balaban J connectivity index is 1.90. The quantitative estimate of drug-likeness (QED) is 0.911. The molecule has 0 fully saturated rings. The summed E-state index contributed by atoms with van der Waals surface area (Å²) in [5.74, 6) is -0.0843. The Morgan fingerprint density at radius 3 is 2.95 bits per heavy atom. The smallest absolute Gasteiger partial charge is 0.264 e. The van der Waals surface area contributed by atoms with Crippen molar-refractivity contribution < 1.29 is 4.79 Å². The Morgan fingerprint density at radius 2 is 2.21 bits per heavy atom. The van der Waals surface area contributed by atoms with Crippen molar-refractivity contribution in [2.75, 3.05) is 6.54 Å². The van der Waals surface area contributed by atoms with Gasteiger partial charge in [0.05, 0.1) is 5.69 Å². The van der Waals surface area contributed by atoms with Crippen molar-refractivity contribution in [3.05, 3.63) is 44.9 Å². The van der Waals surface area contributed by atoms with E-state index in [2.05, 4.69) is 30.8 Å². The first kappa shape index (κ1) is 14.1. The van der Waals surface area contributed by atoms with Crippen molar-refractivity contribution >= 4 is 33.4 Å². The minimum Gasteiger partial charge on any atom is -0.351 e. The van der Waals surface area contributed by atoms with Gasteiger partial charge < -0.3 is 5.32 Å². The molecule has 0 aliphatic heterocycles. The van der Waals surface area contributed by atoms with Gasteiger partial charge >= 0.3 is 0 Å². The highest BCUT2D eigenvalue weighted by molar-refractivity contribution is 9.10. The first-order valence-electron chi connectivity index (χ1n) is 6.05. The number of rotatable bonds is 5. The number of carbonyl (C=O) groups excluding carboxylic acids is 1. The number of hydrogen-bond donors (Lipinski definition) is 1. The topological polar surface area (TPSA) is 54.9 Å². The standard InChI is InChI=1S/C13H14BrN3OS/c1-2-11-12(19-17-16-11)13(18)15-8-7-9-5-3-4-6-10(9)14/h3-6H,2,7-8H2,1H3,(H,15,18). The summed E-state index contributed by atoms with van der Waals surface area (Å²) in [5.41, 5.74) is 1.95. The van der Waals surface area contributed by atoms with Crippen LogP contribution in [0.25, 0.3) is 0 Å². The fourth-order valence-corrected chi connectivity index (χ4v) is 2.85.